The molecular formula is C11H8BrN3O. The van der Waals surface area contributed by atoms with Gasteiger partial charge in [-0.05, 0) is 24.3 Å². The highest BCUT2D eigenvalue weighted by Gasteiger charge is 2.06. The molecule has 0 aliphatic heterocycles. The molecule has 0 radical (unpaired) electrons. The molecule has 5 heteroatoms. The van der Waals surface area contributed by atoms with E-state index in [0.29, 0.717) is 5.69 Å². The Labute approximate surface area is 101 Å². The highest BCUT2D eigenvalue weighted by atomic mass is 79.9. The summed E-state index contributed by atoms with van der Waals surface area (Å²) in [5.74, 6) is -0.250. The van der Waals surface area contributed by atoms with Crippen molar-refractivity contribution in [3.63, 3.8) is 0 Å². The number of carbonyl (C=O) groups excluding carboxylic acids is 1. The second-order valence-corrected chi connectivity index (χ2v) is 3.97. The van der Waals surface area contributed by atoms with Crippen molar-refractivity contribution in [2.45, 2.75) is 0 Å². The van der Waals surface area contributed by atoms with E-state index in [2.05, 4.69) is 31.2 Å². The first-order valence-corrected chi connectivity index (χ1v) is 5.38. The molecule has 0 saturated carbocycles. The number of nitrogens with one attached hydrogen (secondary N) is 1. The minimum Gasteiger partial charge on any atom is -0.321 e. The molecule has 80 valence electrons. The summed E-state index contributed by atoms with van der Waals surface area (Å²) in [5.41, 5.74) is 1.06. The van der Waals surface area contributed by atoms with Crippen molar-refractivity contribution in [2.24, 2.45) is 0 Å². The Balaban J connectivity index is 2.14. The third kappa shape index (κ3) is 2.64. The highest BCUT2D eigenvalue weighted by molar-refractivity contribution is 9.10. The lowest BCUT2D eigenvalue weighted by molar-refractivity contribution is 0.102. The molecule has 0 saturated heterocycles. The fourth-order valence-electron chi connectivity index (χ4n) is 1.19. The van der Waals surface area contributed by atoms with Gasteiger partial charge in [-0.3, -0.25) is 4.79 Å². The largest absolute Gasteiger partial charge is 0.321 e. The van der Waals surface area contributed by atoms with Gasteiger partial charge in [0.1, 0.15) is 12.0 Å². The lowest BCUT2D eigenvalue weighted by atomic mass is 10.3. The van der Waals surface area contributed by atoms with Gasteiger partial charge < -0.3 is 5.32 Å². The van der Waals surface area contributed by atoms with Crippen molar-refractivity contribution in [3.8, 4) is 0 Å². The predicted molar refractivity (Wildman–Crippen MR) is 64.1 cm³/mol. The molecule has 1 N–H and O–H groups in total. The van der Waals surface area contributed by atoms with Crippen LogP contribution >= 0.6 is 15.9 Å². The van der Waals surface area contributed by atoms with Crippen LogP contribution in [0.1, 0.15) is 10.5 Å². The number of carbonyl (C=O) groups is 1. The number of anilines is 1. The van der Waals surface area contributed by atoms with Gasteiger partial charge >= 0.3 is 0 Å². The van der Waals surface area contributed by atoms with Gasteiger partial charge in [0.15, 0.2) is 0 Å². The maximum Gasteiger partial charge on any atom is 0.274 e. The van der Waals surface area contributed by atoms with Crippen molar-refractivity contribution >= 4 is 27.5 Å². The standard InChI is InChI=1S/C11H8BrN3O/c12-8-2-1-3-9(6-8)15-11(16)10-4-5-13-7-14-10/h1-7H,(H,15,16). The van der Waals surface area contributed by atoms with Crippen molar-refractivity contribution in [1.82, 2.24) is 9.97 Å². The van der Waals surface area contributed by atoms with Crippen molar-refractivity contribution in [2.75, 3.05) is 5.32 Å². The van der Waals surface area contributed by atoms with E-state index in [-0.39, 0.29) is 5.91 Å². The van der Waals surface area contributed by atoms with Crippen LogP contribution in [0.4, 0.5) is 5.69 Å². The Morgan fingerprint density at radius 3 is 2.88 bits per heavy atom. The molecule has 0 aliphatic carbocycles. The summed E-state index contributed by atoms with van der Waals surface area (Å²) in [6.45, 7) is 0. The van der Waals surface area contributed by atoms with Crippen LogP contribution < -0.4 is 5.32 Å². The summed E-state index contributed by atoms with van der Waals surface area (Å²) in [6.07, 6.45) is 2.87. The Hall–Kier alpha value is -1.75. The van der Waals surface area contributed by atoms with Crippen molar-refractivity contribution in [3.05, 3.63) is 53.0 Å². The number of amides is 1. The molecule has 2 rings (SSSR count). The fourth-order valence-corrected chi connectivity index (χ4v) is 1.59. The van der Waals surface area contributed by atoms with Gasteiger partial charge in [-0.25, -0.2) is 9.97 Å². The van der Waals surface area contributed by atoms with Crippen LogP contribution in [0.5, 0.6) is 0 Å². The Kier molecular flexibility index (Phi) is 3.26. The highest BCUT2D eigenvalue weighted by Crippen LogP contribution is 2.15. The van der Waals surface area contributed by atoms with Crippen LogP contribution in [-0.2, 0) is 0 Å². The third-order valence-corrected chi connectivity index (χ3v) is 2.39. The monoisotopic (exact) mass is 277 g/mol. The van der Waals surface area contributed by atoms with Gasteiger partial charge in [-0.15, -0.1) is 0 Å². The lowest BCUT2D eigenvalue weighted by Gasteiger charge is -2.04. The molecule has 1 aromatic heterocycles. The number of hydrogen-bond donors (Lipinski definition) is 1. The second kappa shape index (κ2) is 4.85. The van der Waals surface area contributed by atoms with Gasteiger partial charge in [0.25, 0.3) is 5.91 Å². The van der Waals surface area contributed by atoms with E-state index in [4.69, 9.17) is 0 Å². The third-order valence-electron chi connectivity index (χ3n) is 1.90. The Bertz CT molecular complexity index is 502. The van der Waals surface area contributed by atoms with Gasteiger partial charge in [0.2, 0.25) is 0 Å². The summed E-state index contributed by atoms with van der Waals surface area (Å²) in [7, 11) is 0. The molecule has 0 unspecified atom stereocenters. The maximum absolute atomic E-state index is 11.7. The molecule has 1 heterocycles. The van der Waals surface area contributed by atoms with E-state index in [9.17, 15) is 4.79 Å². The molecule has 0 aliphatic rings. The van der Waals surface area contributed by atoms with Crippen LogP contribution in [0.15, 0.2) is 47.3 Å². The van der Waals surface area contributed by atoms with E-state index in [1.54, 1.807) is 6.07 Å². The molecule has 0 spiro atoms. The molecule has 1 amide bonds. The number of rotatable bonds is 2. The summed E-state index contributed by atoms with van der Waals surface area (Å²) in [5, 5.41) is 2.74. The quantitative estimate of drug-likeness (QED) is 0.918. The van der Waals surface area contributed by atoms with Gasteiger partial charge in [-0.2, -0.15) is 0 Å². The number of halogens is 1. The lowest BCUT2D eigenvalue weighted by Crippen LogP contribution is -2.13. The summed E-state index contributed by atoms with van der Waals surface area (Å²) >= 11 is 3.33. The summed E-state index contributed by atoms with van der Waals surface area (Å²) in [4.78, 5) is 19.3. The maximum atomic E-state index is 11.7. The van der Waals surface area contributed by atoms with Gasteiger partial charge in [-0.1, -0.05) is 22.0 Å². The van der Waals surface area contributed by atoms with E-state index in [1.165, 1.54) is 12.5 Å². The first-order valence-electron chi connectivity index (χ1n) is 4.58. The van der Waals surface area contributed by atoms with E-state index >= 15 is 0 Å². The van der Waals surface area contributed by atoms with Crippen LogP contribution in [-0.4, -0.2) is 15.9 Å². The van der Waals surface area contributed by atoms with E-state index in [1.807, 2.05) is 24.3 Å². The smallest absolute Gasteiger partial charge is 0.274 e. The zero-order valence-electron chi connectivity index (χ0n) is 8.22. The van der Waals surface area contributed by atoms with Crippen LogP contribution in [0.25, 0.3) is 0 Å². The number of hydrogen-bond acceptors (Lipinski definition) is 3. The summed E-state index contributed by atoms with van der Waals surface area (Å²) in [6, 6.07) is 8.93. The first kappa shape index (κ1) is 10.8. The van der Waals surface area contributed by atoms with Crippen molar-refractivity contribution in [1.29, 1.82) is 0 Å². The van der Waals surface area contributed by atoms with Crippen LogP contribution in [0, 0.1) is 0 Å². The molecule has 2 aromatic rings. The minimum atomic E-state index is -0.250. The van der Waals surface area contributed by atoms with Crippen molar-refractivity contribution < 1.29 is 4.79 Å². The average Bonchev–Trinajstić information content (AvgIpc) is 2.30. The fraction of sp³-hybridized carbons (Fsp3) is 0. The topological polar surface area (TPSA) is 54.9 Å². The Morgan fingerprint density at radius 1 is 1.31 bits per heavy atom. The molecule has 0 atom stereocenters. The molecule has 0 bridgehead atoms. The van der Waals surface area contributed by atoms with E-state index in [0.717, 1.165) is 10.2 Å². The minimum absolute atomic E-state index is 0.250. The molecule has 1 aromatic carbocycles. The molecule has 0 fully saturated rings. The summed E-state index contributed by atoms with van der Waals surface area (Å²) < 4.78 is 0.910. The molecule has 4 nitrogen and oxygen atoms in total. The average molecular weight is 278 g/mol. The molecular weight excluding hydrogens is 270 g/mol. The van der Waals surface area contributed by atoms with E-state index < -0.39 is 0 Å². The number of aromatic nitrogens is 2. The van der Waals surface area contributed by atoms with Gasteiger partial charge in [0, 0.05) is 16.4 Å². The zero-order chi connectivity index (χ0) is 11.4. The predicted octanol–water partition coefficient (Wildman–Crippen LogP) is 2.49. The SMILES string of the molecule is O=C(Nc1cccc(Br)c1)c1ccncn1. The van der Waals surface area contributed by atoms with Gasteiger partial charge in [0.05, 0.1) is 0 Å². The second-order valence-electron chi connectivity index (χ2n) is 3.06. The number of benzene rings is 1. The normalized spacial score (nSPS) is 9.81. The number of nitrogens with zero attached hydrogens (tertiary/aromatic N) is 2. The Morgan fingerprint density at radius 2 is 2.19 bits per heavy atom. The van der Waals surface area contributed by atoms with Crippen LogP contribution in [0.3, 0.4) is 0 Å². The zero-order valence-corrected chi connectivity index (χ0v) is 9.81. The first-order chi connectivity index (χ1) is 7.75. The van der Waals surface area contributed by atoms with Crippen LogP contribution in [0.2, 0.25) is 0 Å². The molecule has 16 heavy (non-hydrogen) atoms.